The highest BCUT2D eigenvalue weighted by molar-refractivity contribution is 6.16. The highest BCUT2D eigenvalue weighted by atomic mass is 15.3. The predicted molar refractivity (Wildman–Crippen MR) is 80.0 cm³/mol. The van der Waals surface area contributed by atoms with E-state index >= 15 is 0 Å². The van der Waals surface area contributed by atoms with Gasteiger partial charge in [0.2, 0.25) is 0 Å². The van der Waals surface area contributed by atoms with E-state index < -0.39 is 0 Å². The third kappa shape index (κ3) is 2.48. The maximum Gasteiger partial charge on any atom is 0.0980 e. The average Bonchev–Trinajstić information content (AvgIpc) is 2.45. The van der Waals surface area contributed by atoms with E-state index in [-0.39, 0.29) is 0 Å². The van der Waals surface area contributed by atoms with Gasteiger partial charge in [0.25, 0.3) is 0 Å². The van der Waals surface area contributed by atoms with Crippen LogP contribution in [0.1, 0.15) is 44.6 Å². The number of fused-ring (bicyclic) bond motifs is 1. The molecule has 0 saturated carbocycles. The molecule has 98 valence electrons. The van der Waals surface area contributed by atoms with Gasteiger partial charge in [-0.1, -0.05) is 42.3 Å². The van der Waals surface area contributed by atoms with Gasteiger partial charge >= 0.3 is 0 Å². The van der Waals surface area contributed by atoms with Crippen molar-refractivity contribution in [3.05, 3.63) is 58.8 Å². The zero-order valence-corrected chi connectivity index (χ0v) is 11.4. The Labute approximate surface area is 114 Å². The predicted octanol–water partition coefficient (Wildman–Crippen LogP) is 4.16. The third-order valence-electron chi connectivity index (χ3n) is 3.94. The van der Waals surface area contributed by atoms with E-state index in [1.54, 1.807) is 0 Å². The van der Waals surface area contributed by atoms with Gasteiger partial charge in [-0.2, -0.15) is 5.10 Å². The zero-order valence-electron chi connectivity index (χ0n) is 11.4. The second-order valence-electron chi connectivity index (χ2n) is 5.34. The molecule has 0 radical (unpaired) electrons. The highest BCUT2D eigenvalue weighted by Gasteiger charge is 2.21. The van der Waals surface area contributed by atoms with Gasteiger partial charge in [-0.3, -0.25) is 5.43 Å². The zero-order chi connectivity index (χ0) is 13.1. The van der Waals surface area contributed by atoms with Crippen LogP contribution in [0.2, 0.25) is 0 Å². The smallest absolute Gasteiger partial charge is 0.0980 e. The number of nitrogens with one attached hydrogen (secondary N) is 1. The average molecular weight is 252 g/mol. The fraction of sp³-hybridized carbons (Fsp3) is 0.353. The van der Waals surface area contributed by atoms with Crippen LogP contribution in [0.5, 0.6) is 0 Å². The van der Waals surface area contributed by atoms with E-state index in [9.17, 15) is 0 Å². The minimum Gasteiger partial charge on any atom is -0.285 e. The lowest BCUT2D eigenvalue weighted by Gasteiger charge is -2.24. The van der Waals surface area contributed by atoms with Gasteiger partial charge < -0.3 is 0 Å². The van der Waals surface area contributed by atoms with Crippen molar-refractivity contribution in [3.63, 3.8) is 0 Å². The number of hydrazone groups is 1. The van der Waals surface area contributed by atoms with Crippen molar-refractivity contribution in [2.45, 2.75) is 39.0 Å². The number of allylic oxidation sites excluding steroid dienone is 3. The fourth-order valence-corrected chi connectivity index (χ4v) is 2.94. The van der Waals surface area contributed by atoms with E-state index in [1.807, 2.05) is 0 Å². The van der Waals surface area contributed by atoms with Crippen LogP contribution < -0.4 is 5.43 Å². The first-order valence-corrected chi connectivity index (χ1v) is 7.14. The molecule has 2 aliphatic rings. The molecular weight excluding hydrogens is 232 g/mol. The first-order valence-electron chi connectivity index (χ1n) is 7.14. The van der Waals surface area contributed by atoms with Crippen LogP contribution in [0, 0.1) is 0 Å². The molecule has 0 fully saturated rings. The summed E-state index contributed by atoms with van der Waals surface area (Å²) >= 11 is 0. The SMILES string of the molecule is C/C1=C2/C(=CNN=C2c2ccccc2)CCCCC1. The quantitative estimate of drug-likeness (QED) is 0.797. The summed E-state index contributed by atoms with van der Waals surface area (Å²) in [6.45, 7) is 2.26. The van der Waals surface area contributed by atoms with Gasteiger partial charge in [0, 0.05) is 17.3 Å². The topological polar surface area (TPSA) is 24.4 Å². The summed E-state index contributed by atoms with van der Waals surface area (Å²) in [6.07, 6.45) is 8.35. The molecular formula is C17H20N2. The second-order valence-corrected chi connectivity index (χ2v) is 5.34. The summed E-state index contributed by atoms with van der Waals surface area (Å²) in [5.41, 5.74) is 9.69. The lowest BCUT2D eigenvalue weighted by Crippen LogP contribution is -2.20. The monoisotopic (exact) mass is 252 g/mol. The third-order valence-corrected chi connectivity index (χ3v) is 3.94. The molecule has 2 nitrogen and oxygen atoms in total. The van der Waals surface area contributed by atoms with Crippen LogP contribution >= 0.6 is 0 Å². The van der Waals surface area contributed by atoms with Crippen LogP contribution in [0.3, 0.4) is 0 Å². The lowest BCUT2D eigenvalue weighted by molar-refractivity contribution is 0.656. The number of benzene rings is 1. The van der Waals surface area contributed by atoms with Crippen molar-refractivity contribution in [1.82, 2.24) is 5.43 Å². The van der Waals surface area contributed by atoms with Gasteiger partial charge in [-0.15, -0.1) is 0 Å². The van der Waals surface area contributed by atoms with Crippen LogP contribution in [-0.4, -0.2) is 5.71 Å². The van der Waals surface area contributed by atoms with E-state index in [2.05, 4.69) is 54.0 Å². The molecule has 2 heteroatoms. The van der Waals surface area contributed by atoms with Crippen molar-refractivity contribution in [1.29, 1.82) is 0 Å². The first kappa shape index (κ1) is 12.2. The summed E-state index contributed by atoms with van der Waals surface area (Å²) in [6, 6.07) is 10.5. The molecule has 0 atom stereocenters. The maximum atomic E-state index is 4.54. The van der Waals surface area contributed by atoms with Gasteiger partial charge in [0.05, 0.1) is 5.71 Å². The van der Waals surface area contributed by atoms with E-state index in [0.717, 1.165) is 12.1 Å². The molecule has 0 amide bonds. The summed E-state index contributed by atoms with van der Waals surface area (Å²) in [5, 5.41) is 4.54. The van der Waals surface area contributed by atoms with Crippen LogP contribution in [0.15, 0.2) is 58.4 Å². The van der Waals surface area contributed by atoms with Gasteiger partial charge in [0.15, 0.2) is 0 Å². The van der Waals surface area contributed by atoms with Crippen molar-refractivity contribution in [3.8, 4) is 0 Å². The molecule has 1 aromatic rings. The minimum absolute atomic E-state index is 1.11. The molecule has 19 heavy (non-hydrogen) atoms. The molecule has 1 aromatic carbocycles. The molecule has 1 aliphatic heterocycles. The van der Waals surface area contributed by atoms with E-state index in [4.69, 9.17) is 0 Å². The molecule has 1 aliphatic carbocycles. The Kier molecular flexibility index (Phi) is 3.49. The Morgan fingerprint density at radius 3 is 2.63 bits per heavy atom. The molecule has 1 N–H and O–H groups in total. The van der Waals surface area contributed by atoms with Crippen molar-refractivity contribution < 1.29 is 0 Å². The summed E-state index contributed by atoms with van der Waals surface area (Å²) in [4.78, 5) is 0. The fourth-order valence-electron chi connectivity index (χ4n) is 2.94. The maximum absolute atomic E-state index is 4.54. The van der Waals surface area contributed by atoms with Crippen LogP contribution in [0.25, 0.3) is 0 Å². The minimum atomic E-state index is 1.11. The van der Waals surface area contributed by atoms with E-state index in [0.29, 0.717) is 0 Å². The Morgan fingerprint density at radius 1 is 1.00 bits per heavy atom. The molecule has 0 saturated heterocycles. The van der Waals surface area contributed by atoms with Crippen LogP contribution in [0.4, 0.5) is 0 Å². The van der Waals surface area contributed by atoms with Gasteiger partial charge in [0.1, 0.15) is 0 Å². The standard InChI is InChI=1S/C17H20N2/c1-13-8-4-2-7-11-15-12-18-19-17(16(13)15)14-9-5-3-6-10-14/h3,5-6,9-10,12,18H,2,4,7-8,11H2,1H3/b16-13+. The van der Waals surface area contributed by atoms with Gasteiger partial charge in [-0.05, 0) is 38.2 Å². The highest BCUT2D eigenvalue weighted by Crippen LogP contribution is 2.31. The summed E-state index contributed by atoms with van der Waals surface area (Å²) in [5.74, 6) is 0. The van der Waals surface area contributed by atoms with Crippen molar-refractivity contribution in [2.24, 2.45) is 5.10 Å². The number of nitrogens with zero attached hydrogens (tertiary/aromatic N) is 1. The summed E-state index contributed by atoms with van der Waals surface area (Å²) in [7, 11) is 0. The van der Waals surface area contributed by atoms with Crippen molar-refractivity contribution in [2.75, 3.05) is 0 Å². The molecule has 0 bridgehead atoms. The lowest BCUT2D eigenvalue weighted by atomic mass is 9.85. The Bertz CT molecular complexity index is 550. The number of hydrogen-bond donors (Lipinski definition) is 1. The molecule has 0 spiro atoms. The summed E-state index contributed by atoms with van der Waals surface area (Å²) < 4.78 is 0. The molecule has 3 rings (SSSR count). The van der Waals surface area contributed by atoms with Gasteiger partial charge in [-0.25, -0.2) is 0 Å². The van der Waals surface area contributed by atoms with E-state index in [1.165, 1.54) is 48.0 Å². The first-order chi connectivity index (χ1) is 9.36. The molecule has 0 aromatic heterocycles. The normalized spacial score (nSPS) is 23.4. The second kappa shape index (κ2) is 5.43. The number of hydrogen-bond acceptors (Lipinski definition) is 2. The molecule has 0 unspecified atom stereocenters. The van der Waals surface area contributed by atoms with Crippen LogP contribution in [-0.2, 0) is 0 Å². The van der Waals surface area contributed by atoms with Crippen molar-refractivity contribution >= 4 is 5.71 Å². The Balaban J connectivity index is 2.06. The number of rotatable bonds is 1. The molecule has 1 heterocycles. The Morgan fingerprint density at radius 2 is 1.79 bits per heavy atom. The Hall–Kier alpha value is -1.83. The largest absolute Gasteiger partial charge is 0.285 e.